The number of phosphoric acid groups is 2. The van der Waals surface area contributed by atoms with Gasteiger partial charge in [-0.2, -0.15) is 0 Å². The summed E-state index contributed by atoms with van der Waals surface area (Å²) < 4.78 is 61.2. The van der Waals surface area contributed by atoms with E-state index in [9.17, 15) is 43.5 Å². The lowest BCUT2D eigenvalue weighted by atomic mass is 10.0. The smallest absolute Gasteiger partial charge is 0.463 e. The molecule has 0 aliphatic rings. The van der Waals surface area contributed by atoms with Crippen LogP contribution >= 0.6 is 15.6 Å². The molecule has 4 N–H and O–H groups in total. The molecule has 0 amide bonds. The fraction of sp³-hybridized carbons (Fsp3) is 0.637. The second kappa shape index (κ2) is 82.1. The molecule has 18 heteroatoms. The van der Waals surface area contributed by atoms with Crippen LogP contribution in [0.5, 0.6) is 0 Å². The Morgan fingerprint density at radius 1 is 0.266 bits per heavy atom. The lowest BCUT2D eigenvalue weighted by Crippen LogP contribution is -2.29. The maximum Gasteiger partial charge on any atom is 0.472 e. The van der Waals surface area contributed by atoms with E-state index in [1.54, 1.807) is 0 Å². The second-order valence-electron chi connectivity index (χ2n) is 27.5. The Labute approximate surface area is 662 Å². The van der Waals surface area contributed by atoms with Crippen molar-refractivity contribution in [1.29, 1.82) is 0 Å². The summed E-state index contributed by atoms with van der Waals surface area (Å²) in [5.74, 6) is -1.69. The molecule has 0 aromatic rings. The average molecular weight is 1560 g/mol. The van der Waals surface area contributed by atoms with Gasteiger partial charge in [0.25, 0.3) is 0 Å². The molecule has 0 aliphatic carbocycles. The van der Waals surface area contributed by atoms with Gasteiger partial charge in [-0.3, -0.25) is 32.5 Å². The highest BCUT2D eigenvalue weighted by Crippen LogP contribution is 2.45. The van der Waals surface area contributed by atoms with Crippen molar-refractivity contribution in [3.63, 3.8) is 0 Å². The summed E-state index contributed by atoms with van der Waals surface area (Å²) in [6.07, 6.45) is 107. The maximum absolute atomic E-state index is 13.0. The lowest BCUT2D eigenvalue weighted by Gasteiger charge is -2.21. The fourth-order valence-corrected chi connectivity index (χ4v) is 12.4. The number of aliphatic hydroxyl groups excluding tert-OH is 2. The van der Waals surface area contributed by atoms with E-state index in [0.717, 1.165) is 148 Å². The number of unbranched alkanes of at least 4 members (excludes halogenated alkanes) is 25. The molecule has 0 aromatic heterocycles. The Bertz CT molecular complexity index is 2710. The first-order valence-electron chi connectivity index (χ1n) is 42.1. The third kappa shape index (κ3) is 83.4. The van der Waals surface area contributed by atoms with Gasteiger partial charge in [0.1, 0.15) is 25.4 Å². The van der Waals surface area contributed by atoms with Gasteiger partial charge in [-0.25, -0.2) is 9.13 Å². The monoisotopic (exact) mass is 1560 g/mol. The van der Waals surface area contributed by atoms with Crippen molar-refractivity contribution < 1.29 is 75.8 Å². The first-order chi connectivity index (χ1) is 53.2. The van der Waals surface area contributed by atoms with Crippen LogP contribution in [0.1, 0.15) is 316 Å². The van der Waals surface area contributed by atoms with Crippen LogP contribution in [0.2, 0.25) is 0 Å². The van der Waals surface area contributed by atoms with Gasteiger partial charge < -0.3 is 34.2 Å². The summed E-state index contributed by atoms with van der Waals surface area (Å²) in [6, 6.07) is 0. The molecule has 620 valence electrons. The van der Waals surface area contributed by atoms with Crippen molar-refractivity contribution in [1.82, 2.24) is 0 Å². The van der Waals surface area contributed by atoms with Crippen LogP contribution in [-0.4, -0.2) is 95.9 Å². The zero-order valence-corrected chi connectivity index (χ0v) is 69.7. The lowest BCUT2D eigenvalue weighted by molar-refractivity contribution is -0.161. The number of hydrogen-bond donors (Lipinski definition) is 4. The van der Waals surface area contributed by atoms with E-state index in [1.165, 1.54) is 103 Å². The molecule has 0 bridgehead atoms. The minimum absolute atomic E-state index is 0.0300. The van der Waals surface area contributed by atoms with Crippen LogP contribution in [0.4, 0.5) is 0 Å². The van der Waals surface area contributed by atoms with Crippen LogP contribution < -0.4 is 0 Å². The highest BCUT2D eigenvalue weighted by Gasteiger charge is 2.29. The molecule has 0 saturated carbocycles. The largest absolute Gasteiger partial charge is 0.472 e. The molecular weight excluding hydrogens is 1410 g/mol. The predicted molar refractivity (Wildman–Crippen MR) is 454 cm³/mol. The van der Waals surface area contributed by atoms with Crippen molar-refractivity contribution in [2.24, 2.45) is 0 Å². The van der Waals surface area contributed by atoms with Crippen LogP contribution in [0.3, 0.4) is 0 Å². The number of hydrogen-bond acceptors (Lipinski definition) is 14. The third-order valence-corrected chi connectivity index (χ3v) is 19.0. The number of allylic oxidation sites excluding steroid dienone is 30. The van der Waals surface area contributed by atoms with E-state index >= 15 is 0 Å². The number of carbonyl (C=O) groups is 3. The standard InChI is InChI=1S/C91H150O16P2/c1-4-7-10-13-16-19-22-25-28-31-34-36-38-39-40-41-42-43-44-45-47-49-51-53-56-59-62-65-68-71-74-77-89(94)101-80-86(92)81-103-108(97,98)104-82-87(93)83-105-109(99,100)106-85-88(107-91(96)79-76-73-70-67-64-61-58-55-50-33-30-27-24-21-18-15-12-9-6-3)84-102-90(95)78-75-72-69-66-63-60-57-54-52-48-46-37-35-32-29-26-23-20-17-14-11-8-5-2/h8-9,11-12,16-21,25-30,34-37,39-40,48,50,52,55,61,64,70,73,86-88,92-93H,4-7,10,13-15,22-24,31-33,38,41-47,49,51,53-54,56-60,62-63,65-69,71-72,74-85H2,1-3H3,(H,97,98)(H,99,100)/b11-8-,12-9-,19-16-,20-17-,21-18-,28-25-,29-26-,30-27-,36-34-,37-35-,40-39-,52-48-,55-50-,64-61-,73-70-. The predicted octanol–water partition coefficient (Wildman–Crippen LogP) is 25.3. The number of aliphatic hydroxyl groups is 2. The first kappa shape index (κ1) is 104. The van der Waals surface area contributed by atoms with Gasteiger partial charge >= 0.3 is 33.6 Å². The van der Waals surface area contributed by atoms with E-state index in [0.29, 0.717) is 25.7 Å². The summed E-state index contributed by atoms with van der Waals surface area (Å²) in [6.45, 7) is 2.32. The number of phosphoric ester groups is 2. The molecule has 0 spiro atoms. The SMILES string of the molecule is CC/C=C\C/C=C\C/C=C\C/C=C\C/C=C\C/C=C\CCC(=O)OC(COC(=O)CCCCCCCCC/C=C\C/C=C\C/C=C\C/C=C\C/C=C\CC)COP(=O)(O)OCC(O)COP(=O)(O)OCC(O)COC(=O)CCCCCCCCCCCCCCCCC/C=C\C/C=C\C/C=C\C/C=C\CCCCC. The van der Waals surface area contributed by atoms with Gasteiger partial charge in [0.05, 0.1) is 26.4 Å². The zero-order chi connectivity index (χ0) is 79.4. The van der Waals surface area contributed by atoms with E-state index in [2.05, 4.69) is 185 Å². The highest BCUT2D eigenvalue weighted by atomic mass is 31.2. The Kier molecular flexibility index (Phi) is 78.1. The molecule has 0 rings (SSSR count). The number of rotatable bonds is 78. The van der Waals surface area contributed by atoms with Gasteiger partial charge in [0.2, 0.25) is 0 Å². The van der Waals surface area contributed by atoms with E-state index in [-0.39, 0.29) is 19.3 Å². The van der Waals surface area contributed by atoms with Gasteiger partial charge in [-0.1, -0.05) is 331 Å². The molecule has 0 aliphatic heterocycles. The Morgan fingerprint density at radius 2 is 0.505 bits per heavy atom. The minimum atomic E-state index is -4.96. The number of carbonyl (C=O) groups excluding carboxylic acids is 3. The minimum Gasteiger partial charge on any atom is -0.463 e. The van der Waals surface area contributed by atoms with Gasteiger partial charge in [0, 0.05) is 19.3 Å². The summed E-state index contributed by atoms with van der Waals surface area (Å²) in [5, 5.41) is 20.7. The van der Waals surface area contributed by atoms with Gasteiger partial charge in [0.15, 0.2) is 6.10 Å². The van der Waals surface area contributed by atoms with E-state index in [4.69, 9.17) is 32.3 Å². The zero-order valence-electron chi connectivity index (χ0n) is 67.9. The second-order valence-corrected chi connectivity index (χ2v) is 30.4. The van der Waals surface area contributed by atoms with Crippen molar-refractivity contribution >= 4 is 33.6 Å². The highest BCUT2D eigenvalue weighted by molar-refractivity contribution is 7.47. The molecule has 0 saturated heterocycles. The van der Waals surface area contributed by atoms with Crippen LogP contribution in [0, 0.1) is 0 Å². The summed E-state index contributed by atoms with van der Waals surface area (Å²) in [4.78, 5) is 58.8. The number of ether oxygens (including phenoxy) is 3. The Hall–Kier alpha value is -5.35. The molecule has 109 heavy (non-hydrogen) atoms. The van der Waals surface area contributed by atoms with Crippen molar-refractivity contribution in [2.45, 2.75) is 334 Å². The molecule has 0 radical (unpaired) electrons. The number of esters is 3. The topological polar surface area (TPSA) is 231 Å². The summed E-state index contributed by atoms with van der Waals surface area (Å²) in [5.41, 5.74) is 0. The quantitative estimate of drug-likeness (QED) is 0.0146. The normalized spacial score (nSPS) is 14.8. The molecular formula is C91H150O16P2. The van der Waals surface area contributed by atoms with Gasteiger partial charge in [-0.05, 0) is 148 Å². The van der Waals surface area contributed by atoms with Crippen molar-refractivity contribution in [2.75, 3.05) is 39.6 Å². The molecule has 0 fully saturated rings. The van der Waals surface area contributed by atoms with Crippen molar-refractivity contribution in [3.05, 3.63) is 182 Å². The Balaban J connectivity index is 4.63. The maximum atomic E-state index is 13.0. The van der Waals surface area contributed by atoms with Crippen LogP contribution in [0.15, 0.2) is 182 Å². The molecule has 5 atom stereocenters. The summed E-state index contributed by atoms with van der Waals surface area (Å²) in [7, 11) is -9.84. The van der Waals surface area contributed by atoms with Gasteiger partial charge in [-0.15, -0.1) is 0 Å². The summed E-state index contributed by atoms with van der Waals surface area (Å²) >= 11 is 0. The molecule has 16 nitrogen and oxygen atoms in total. The van der Waals surface area contributed by atoms with Crippen LogP contribution in [0.25, 0.3) is 0 Å². The first-order valence-corrected chi connectivity index (χ1v) is 45.1. The fourth-order valence-electron chi connectivity index (χ4n) is 10.8. The molecule has 0 aromatic carbocycles. The molecule has 0 heterocycles. The third-order valence-electron chi connectivity index (χ3n) is 17.1. The van der Waals surface area contributed by atoms with Crippen LogP contribution in [-0.2, 0) is 55.8 Å². The molecule has 5 unspecified atom stereocenters. The Morgan fingerprint density at radius 3 is 0.807 bits per heavy atom. The van der Waals surface area contributed by atoms with E-state index in [1.807, 2.05) is 18.2 Å². The van der Waals surface area contributed by atoms with E-state index < -0.39 is 91.5 Å². The van der Waals surface area contributed by atoms with Crippen molar-refractivity contribution in [3.8, 4) is 0 Å². The average Bonchev–Trinajstić information content (AvgIpc) is 0.903.